The minimum Gasteiger partial charge on any atom is -0.292 e. The van der Waals surface area contributed by atoms with Gasteiger partial charge in [-0.3, -0.25) is 14.0 Å². The van der Waals surface area contributed by atoms with Gasteiger partial charge in [0.2, 0.25) is 0 Å². The van der Waals surface area contributed by atoms with E-state index in [-0.39, 0.29) is 22.2 Å². The number of fused-ring (bicyclic) bond motifs is 3. The van der Waals surface area contributed by atoms with E-state index in [0.717, 1.165) is 42.9 Å². The largest absolute Gasteiger partial charge is 0.292 e. The van der Waals surface area contributed by atoms with Crippen LogP contribution in [0.5, 0.6) is 0 Å². The molecule has 0 radical (unpaired) electrons. The first-order valence-electron chi connectivity index (χ1n) is 8.01. The van der Waals surface area contributed by atoms with Crippen LogP contribution in [0.25, 0.3) is 10.8 Å². The minimum absolute atomic E-state index is 0.00805. The molecule has 2 bridgehead atoms. The summed E-state index contributed by atoms with van der Waals surface area (Å²) in [6.45, 7) is 0. The van der Waals surface area contributed by atoms with Crippen LogP contribution in [-0.4, -0.2) is 25.5 Å². The molecular weight excluding hydrogens is 294 g/mol. The van der Waals surface area contributed by atoms with Crippen LogP contribution in [0.15, 0.2) is 36.5 Å². The number of pyridine rings is 1. The Hall–Kier alpha value is -1.55. The van der Waals surface area contributed by atoms with Crippen molar-refractivity contribution in [1.82, 2.24) is 4.98 Å². The van der Waals surface area contributed by atoms with E-state index in [0.29, 0.717) is 5.69 Å². The van der Waals surface area contributed by atoms with Crippen molar-refractivity contribution in [3.8, 4) is 0 Å². The third-order valence-corrected chi connectivity index (χ3v) is 7.25. The van der Waals surface area contributed by atoms with E-state index >= 15 is 0 Å². The molecule has 0 N–H and O–H groups in total. The number of hydrogen-bond donors (Lipinski definition) is 0. The normalized spacial score (nSPS) is 31.1. The monoisotopic (exact) mass is 313 g/mol. The molecule has 1 aromatic carbocycles. The second-order valence-corrected chi connectivity index (χ2v) is 8.41. The molecule has 2 unspecified atom stereocenters. The molecule has 114 valence electrons. The van der Waals surface area contributed by atoms with Crippen molar-refractivity contribution in [2.24, 2.45) is 5.92 Å². The third kappa shape index (κ3) is 2.30. The molecule has 0 aliphatic carbocycles. The van der Waals surface area contributed by atoms with Crippen LogP contribution in [0.3, 0.4) is 0 Å². The van der Waals surface area contributed by atoms with Gasteiger partial charge in [0.05, 0.1) is 0 Å². The van der Waals surface area contributed by atoms with Crippen molar-refractivity contribution >= 4 is 27.4 Å². The maximum absolute atomic E-state index is 13.0. The van der Waals surface area contributed by atoms with E-state index in [4.69, 9.17) is 0 Å². The molecular formula is C18H19NO2S. The van der Waals surface area contributed by atoms with Gasteiger partial charge in [0.15, 0.2) is 5.78 Å². The Labute approximate surface area is 132 Å². The SMILES string of the molecule is O=C(c1nccc2ccccc12)C1CC2CCCC(C1)S2=O. The molecule has 2 fully saturated rings. The molecule has 3 nitrogen and oxygen atoms in total. The average Bonchev–Trinajstić information content (AvgIpc) is 2.53. The quantitative estimate of drug-likeness (QED) is 0.797. The average molecular weight is 313 g/mol. The number of benzene rings is 1. The van der Waals surface area contributed by atoms with Crippen molar-refractivity contribution in [2.75, 3.05) is 0 Å². The zero-order valence-corrected chi connectivity index (χ0v) is 13.2. The Morgan fingerprint density at radius 1 is 1.09 bits per heavy atom. The molecule has 1 aromatic heterocycles. The van der Waals surface area contributed by atoms with Crippen molar-refractivity contribution < 1.29 is 9.00 Å². The fraction of sp³-hybridized carbons (Fsp3) is 0.444. The topological polar surface area (TPSA) is 47.0 Å². The Bertz CT molecular complexity index is 736. The third-order valence-electron chi connectivity index (χ3n) is 5.08. The van der Waals surface area contributed by atoms with Crippen molar-refractivity contribution in [3.05, 3.63) is 42.2 Å². The van der Waals surface area contributed by atoms with Crippen LogP contribution in [0, 0.1) is 5.92 Å². The number of hydrogen-bond acceptors (Lipinski definition) is 3. The first-order chi connectivity index (χ1) is 10.7. The van der Waals surface area contributed by atoms with E-state index < -0.39 is 10.8 Å². The van der Waals surface area contributed by atoms with Crippen LogP contribution in [0.1, 0.15) is 42.6 Å². The molecule has 2 saturated heterocycles. The van der Waals surface area contributed by atoms with Gasteiger partial charge in [-0.15, -0.1) is 0 Å². The summed E-state index contributed by atoms with van der Waals surface area (Å²) in [6, 6.07) is 9.85. The summed E-state index contributed by atoms with van der Waals surface area (Å²) >= 11 is 0. The summed E-state index contributed by atoms with van der Waals surface area (Å²) in [5, 5.41) is 2.43. The summed E-state index contributed by atoms with van der Waals surface area (Å²) < 4.78 is 12.3. The fourth-order valence-electron chi connectivity index (χ4n) is 3.96. The van der Waals surface area contributed by atoms with Gasteiger partial charge in [-0.2, -0.15) is 0 Å². The smallest absolute Gasteiger partial charge is 0.184 e. The second kappa shape index (κ2) is 5.58. The van der Waals surface area contributed by atoms with Gasteiger partial charge in [0, 0.05) is 38.8 Å². The molecule has 3 heterocycles. The van der Waals surface area contributed by atoms with Gasteiger partial charge in [-0.1, -0.05) is 30.7 Å². The predicted octanol–water partition coefficient (Wildman–Crippen LogP) is 3.50. The molecule has 0 spiro atoms. The van der Waals surface area contributed by atoms with E-state index in [2.05, 4.69) is 4.98 Å². The van der Waals surface area contributed by atoms with Crippen LogP contribution in [0.4, 0.5) is 0 Å². The Morgan fingerprint density at radius 2 is 1.82 bits per heavy atom. The summed E-state index contributed by atoms with van der Waals surface area (Å²) in [5.41, 5.74) is 0.592. The maximum atomic E-state index is 13.0. The van der Waals surface area contributed by atoms with E-state index in [1.54, 1.807) is 6.20 Å². The first-order valence-corrected chi connectivity index (χ1v) is 9.29. The Morgan fingerprint density at radius 3 is 2.59 bits per heavy atom. The zero-order chi connectivity index (χ0) is 15.1. The number of rotatable bonds is 2. The molecule has 2 aromatic rings. The molecule has 4 rings (SSSR count). The number of carbonyl (C=O) groups excluding carboxylic acids is 1. The number of aromatic nitrogens is 1. The molecule has 2 atom stereocenters. The zero-order valence-electron chi connectivity index (χ0n) is 12.4. The van der Waals surface area contributed by atoms with Gasteiger partial charge in [-0.25, -0.2) is 0 Å². The number of nitrogens with zero attached hydrogens (tertiary/aromatic N) is 1. The number of Topliss-reactive ketones (excluding diaryl/α,β-unsaturated/α-hetero) is 1. The first kappa shape index (κ1) is 14.1. The summed E-state index contributed by atoms with van der Waals surface area (Å²) in [5.74, 6) is 0.136. The Balaban J connectivity index is 1.68. The Kier molecular flexibility index (Phi) is 3.57. The van der Waals surface area contributed by atoms with Gasteiger partial charge in [-0.05, 0) is 37.1 Å². The van der Waals surface area contributed by atoms with Crippen molar-refractivity contribution in [1.29, 1.82) is 0 Å². The van der Waals surface area contributed by atoms with Crippen LogP contribution in [-0.2, 0) is 10.8 Å². The molecule has 2 aliphatic rings. The lowest BCUT2D eigenvalue weighted by Gasteiger charge is -2.37. The summed E-state index contributed by atoms with van der Waals surface area (Å²) in [4.78, 5) is 17.4. The van der Waals surface area contributed by atoms with Crippen LogP contribution >= 0.6 is 0 Å². The van der Waals surface area contributed by atoms with E-state index in [9.17, 15) is 9.00 Å². The highest BCUT2D eigenvalue weighted by Gasteiger charge is 2.41. The van der Waals surface area contributed by atoms with Crippen LogP contribution in [0.2, 0.25) is 0 Å². The highest BCUT2D eigenvalue weighted by molar-refractivity contribution is 7.86. The van der Waals surface area contributed by atoms with E-state index in [1.807, 2.05) is 30.3 Å². The number of carbonyl (C=O) groups is 1. The number of ketones is 1. The molecule has 2 aliphatic heterocycles. The van der Waals surface area contributed by atoms with E-state index in [1.165, 1.54) is 0 Å². The highest BCUT2D eigenvalue weighted by Crippen LogP contribution is 2.38. The van der Waals surface area contributed by atoms with Crippen molar-refractivity contribution in [3.63, 3.8) is 0 Å². The van der Waals surface area contributed by atoms with Gasteiger partial charge < -0.3 is 0 Å². The standard InChI is InChI=1S/C18H19NO2S/c20-18(13-10-14-5-3-6-15(11-13)22(14)21)17-16-7-2-1-4-12(16)8-9-19-17/h1-2,4,7-9,13-15H,3,5-6,10-11H2. The molecule has 22 heavy (non-hydrogen) atoms. The summed E-state index contributed by atoms with van der Waals surface area (Å²) in [6.07, 6.45) is 6.44. The van der Waals surface area contributed by atoms with Crippen LogP contribution < -0.4 is 0 Å². The summed E-state index contributed by atoms with van der Waals surface area (Å²) in [7, 11) is -0.729. The second-order valence-electron chi connectivity index (χ2n) is 6.42. The fourth-order valence-corrected chi connectivity index (χ4v) is 6.14. The lowest BCUT2D eigenvalue weighted by Crippen LogP contribution is -2.41. The molecule has 4 heteroatoms. The molecule has 0 saturated carbocycles. The minimum atomic E-state index is -0.729. The maximum Gasteiger partial charge on any atom is 0.184 e. The van der Waals surface area contributed by atoms with Crippen molar-refractivity contribution in [2.45, 2.75) is 42.6 Å². The van der Waals surface area contributed by atoms with Gasteiger partial charge in [0.25, 0.3) is 0 Å². The predicted molar refractivity (Wildman–Crippen MR) is 88.4 cm³/mol. The lowest BCUT2D eigenvalue weighted by atomic mass is 9.85. The van der Waals surface area contributed by atoms with Gasteiger partial charge in [0.1, 0.15) is 5.69 Å². The van der Waals surface area contributed by atoms with Gasteiger partial charge >= 0.3 is 0 Å². The highest BCUT2D eigenvalue weighted by atomic mass is 32.2. The molecule has 0 amide bonds. The lowest BCUT2D eigenvalue weighted by molar-refractivity contribution is 0.0892.